The molecule has 1 fully saturated rings. The lowest BCUT2D eigenvalue weighted by Gasteiger charge is -2.33. The summed E-state index contributed by atoms with van der Waals surface area (Å²) in [4.78, 5) is 30.8. The molecule has 0 unspecified atom stereocenters. The van der Waals surface area contributed by atoms with Gasteiger partial charge in [-0.1, -0.05) is 11.6 Å². The molecule has 0 bridgehead atoms. The highest BCUT2D eigenvalue weighted by molar-refractivity contribution is 5.82. The highest BCUT2D eigenvalue weighted by atomic mass is 16.5. The Balaban J connectivity index is 1.78. The van der Waals surface area contributed by atoms with Gasteiger partial charge in [-0.15, -0.1) is 0 Å². The van der Waals surface area contributed by atoms with Crippen LogP contribution in [0.5, 0.6) is 0 Å². The number of fused-ring (bicyclic) bond motifs is 1. The molecule has 1 N–H and O–H groups in total. The molecule has 0 spiro atoms. The second-order valence-corrected chi connectivity index (χ2v) is 6.40. The van der Waals surface area contributed by atoms with Crippen molar-refractivity contribution in [1.82, 2.24) is 14.8 Å². The molecule has 1 aromatic carbocycles. The second kappa shape index (κ2) is 6.65. The summed E-state index contributed by atoms with van der Waals surface area (Å²) in [6, 6.07) is 6.15. The fourth-order valence-electron chi connectivity index (χ4n) is 3.31. The number of aromatic amines is 1. The van der Waals surface area contributed by atoms with Crippen LogP contribution in [0.4, 0.5) is 4.79 Å². The van der Waals surface area contributed by atoms with Gasteiger partial charge in [0.05, 0.1) is 12.6 Å². The smallest absolute Gasteiger partial charge is 0.409 e. The fraction of sp³-hybridized carbons (Fsp3) is 0.444. The largest absolute Gasteiger partial charge is 0.453 e. The van der Waals surface area contributed by atoms with Crippen LogP contribution in [0.2, 0.25) is 0 Å². The van der Waals surface area contributed by atoms with E-state index in [0.29, 0.717) is 19.6 Å². The third-order valence-electron chi connectivity index (χ3n) is 4.57. The predicted octanol–water partition coefficient (Wildman–Crippen LogP) is 2.03. The number of H-pyrrole nitrogens is 1. The molecule has 1 amide bonds. The van der Waals surface area contributed by atoms with Gasteiger partial charge in [-0.05, 0) is 36.9 Å². The Bertz CT molecular complexity index is 820. The first kappa shape index (κ1) is 16.5. The van der Waals surface area contributed by atoms with Crippen molar-refractivity contribution in [1.29, 1.82) is 0 Å². The third-order valence-corrected chi connectivity index (χ3v) is 4.57. The highest BCUT2D eigenvalue weighted by Gasteiger charge is 2.22. The molecule has 24 heavy (non-hydrogen) atoms. The zero-order valence-corrected chi connectivity index (χ0v) is 14.4. The van der Waals surface area contributed by atoms with Crippen LogP contribution in [-0.4, -0.2) is 54.2 Å². The van der Waals surface area contributed by atoms with E-state index in [1.54, 1.807) is 4.90 Å². The van der Waals surface area contributed by atoms with E-state index in [9.17, 15) is 9.59 Å². The Morgan fingerprint density at radius 1 is 1.17 bits per heavy atom. The van der Waals surface area contributed by atoms with Gasteiger partial charge in [0.2, 0.25) is 0 Å². The molecule has 2 heterocycles. The number of aromatic nitrogens is 1. The predicted molar refractivity (Wildman–Crippen MR) is 93.3 cm³/mol. The molecular weight excluding hydrogens is 306 g/mol. The van der Waals surface area contributed by atoms with E-state index >= 15 is 0 Å². The SMILES string of the molecule is COC(=O)N1CCN(Cc2cc3cc(C)cc(C)c3[nH]c2=O)CC1. The lowest BCUT2D eigenvalue weighted by molar-refractivity contribution is 0.0888. The van der Waals surface area contributed by atoms with Gasteiger partial charge in [0.15, 0.2) is 0 Å². The van der Waals surface area contributed by atoms with Crippen molar-refractivity contribution in [2.75, 3.05) is 33.3 Å². The third kappa shape index (κ3) is 3.28. The van der Waals surface area contributed by atoms with Crippen LogP contribution in [0, 0.1) is 13.8 Å². The van der Waals surface area contributed by atoms with Crippen molar-refractivity contribution >= 4 is 17.0 Å². The minimum atomic E-state index is -0.288. The van der Waals surface area contributed by atoms with Crippen LogP contribution in [0.1, 0.15) is 16.7 Å². The molecule has 1 aliphatic rings. The normalized spacial score (nSPS) is 15.7. The number of methoxy groups -OCH3 is 1. The molecule has 128 valence electrons. The number of nitrogens with zero attached hydrogens (tertiary/aromatic N) is 2. The van der Waals surface area contributed by atoms with E-state index < -0.39 is 0 Å². The average molecular weight is 329 g/mol. The van der Waals surface area contributed by atoms with Crippen LogP contribution in [-0.2, 0) is 11.3 Å². The molecule has 6 nitrogen and oxygen atoms in total. The van der Waals surface area contributed by atoms with E-state index in [1.165, 1.54) is 12.7 Å². The topological polar surface area (TPSA) is 65.6 Å². The Morgan fingerprint density at radius 2 is 1.88 bits per heavy atom. The fourth-order valence-corrected chi connectivity index (χ4v) is 3.31. The Hall–Kier alpha value is -2.34. The molecule has 1 saturated heterocycles. The van der Waals surface area contributed by atoms with Crippen LogP contribution in [0.15, 0.2) is 23.0 Å². The van der Waals surface area contributed by atoms with Crippen molar-refractivity contribution < 1.29 is 9.53 Å². The number of benzene rings is 1. The summed E-state index contributed by atoms with van der Waals surface area (Å²) in [6.07, 6.45) is -0.288. The first-order valence-electron chi connectivity index (χ1n) is 8.16. The number of nitrogens with one attached hydrogen (secondary N) is 1. The Morgan fingerprint density at radius 3 is 2.54 bits per heavy atom. The van der Waals surface area contributed by atoms with Gasteiger partial charge in [-0.25, -0.2) is 4.79 Å². The lowest BCUT2D eigenvalue weighted by atomic mass is 10.1. The number of amides is 1. The first-order chi connectivity index (χ1) is 11.5. The van der Waals surface area contributed by atoms with Crippen LogP contribution >= 0.6 is 0 Å². The van der Waals surface area contributed by atoms with Gasteiger partial charge in [-0.3, -0.25) is 9.69 Å². The van der Waals surface area contributed by atoms with E-state index in [0.717, 1.165) is 35.1 Å². The van der Waals surface area contributed by atoms with Gasteiger partial charge >= 0.3 is 6.09 Å². The first-order valence-corrected chi connectivity index (χ1v) is 8.16. The van der Waals surface area contributed by atoms with Crippen molar-refractivity contribution in [3.63, 3.8) is 0 Å². The van der Waals surface area contributed by atoms with E-state index in [4.69, 9.17) is 4.74 Å². The van der Waals surface area contributed by atoms with E-state index in [2.05, 4.69) is 28.9 Å². The summed E-state index contributed by atoms with van der Waals surface area (Å²) in [6.45, 7) is 7.37. The summed E-state index contributed by atoms with van der Waals surface area (Å²) in [5.41, 5.74) is 3.90. The lowest BCUT2D eigenvalue weighted by Crippen LogP contribution is -2.48. The van der Waals surface area contributed by atoms with Gasteiger partial charge in [0.1, 0.15) is 0 Å². The Labute approximate surface area is 141 Å². The molecule has 0 aliphatic carbocycles. The maximum atomic E-state index is 12.4. The number of carbonyl (C=O) groups excluding carboxylic acids is 1. The number of aryl methyl sites for hydroxylation is 2. The number of piperazine rings is 1. The second-order valence-electron chi connectivity index (χ2n) is 6.40. The summed E-state index contributed by atoms with van der Waals surface area (Å²) in [7, 11) is 1.40. The zero-order valence-electron chi connectivity index (χ0n) is 14.4. The molecular formula is C18H23N3O3. The number of hydrogen-bond acceptors (Lipinski definition) is 4. The maximum absolute atomic E-state index is 12.4. The van der Waals surface area contributed by atoms with Gasteiger partial charge in [-0.2, -0.15) is 0 Å². The van der Waals surface area contributed by atoms with Crippen LogP contribution in [0.25, 0.3) is 10.9 Å². The molecule has 0 radical (unpaired) electrons. The average Bonchev–Trinajstić information content (AvgIpc) is 2.56. The minimum absolute atomic E-state index is 0.0372. The quantitative estimate of drug-likeness (QED) is 0.915. The van der Waals surface area contributed by atoms with Crippen molar-refractivity contribution in [2.24, 2.45) is 0 Å². The molecule has 0 atom stereocenters. The monoisotopic (exact) mass is 329 g/mol. The maximum Gasteiger partial charge on any atom is 0.409 e. The summed E-state index contributed by atoms with van der Waals surface area (Å²) in [5, 5.41) is 1.07. The summed E-state index contributed by atoms with van der Waals surface area (Å²) in [5.74, 6) is 0. The number of hydrogen-bond donors (Lipinski definition) is 1. The zero-order chi connectivity index (χ0) is 17.3. The molecule has 3 rings (SSSR count). The summed E-state index contributed by atoms with van der Waals surface area (Å²) >= 11 is 0. The van der Waals surface area contributed by atoms with E-state index in [1.807, 2.05) is 13.0 Å². The van der Waals surface area contributed by atoms with Crippen molar-refractivity contribution in [2.45, 2.75) is 20.4 Å². The molecule has 1 aliphatic heterocycles. The number of ether oxygens (including phenoxy) is 1. The van der Waals surface area contributed by atoms with E-state index in [-0.39, 0.29) is 11.7 Å². The highest BCUT2D eigenvalue weighted by Crippen LogP contribution is 2.18. The standard InChI is InChI=1S/C18H23N3O3/c1-12-8-13(2)16-14(9-12)10-15(17(22)19-16)11-20-4-6-21(7-5-20)18(23)24-3/h8-10H,4-7,11H2,1-3H3,(H,19,22). The number of rotatable bonds is 2. The molecule has 1 aromatic heterocycles. The van der Waals surface area contributed by atoms with Gasteiger partial charge in [0.25, 0.3) is 5.56 Å². The van der Waals surface area contributed by atoms with Crippen molar-refractivity contribution in [3.8, 4) is 0 Å². The van der Waals surface area contributed by atoms with Crippen LogP contribution in [0.3, 0.4) is 0 Å². The molecule has 6 heteroatoms. The van der Waals surface area contributed by atoms with Gasteiger partial charge in [0, 0.05) is 38.3 Å². The van der Waals surface area contributed by atoms with Crippen molar-refractivity contribution in [3.05, 3.63) is 45.2 Å². The summed E-state index contributed by atoms with van der Waals surface area (Å²) < 4.78 is 4.75. The Kier molecular flexibility index (Phi) is 4.57. The number of carbonyl (C=O) groups is 1. The van der Waals surface area contributed by atoms with Crippen LogP contribution < -0.4 is 5.56 Å². The molecule has 0 saturated carbocycles. The molecule has 2 aromatic rings. The van der Waals surface area contributed by atoms with Gasteiger partial charge < -0.3 is 14.6 Å². The number of pyridine rings is 1. The minimum Gasteiger partial charge on any atom is -0.453 e.